The molecular weight excluding hydrogens is 863 g/mol. The van der Waals surface area contributed by atoms with Gasteiger partial charge in [0.2, 0.25) is 0 Å². The number of aromatic nitrogens is 5. The van der Waals surface area contributed by atoms with Crippen LogP contribution in [0.4, 0.5) is 0 Å². The third-order valence-corrected chi connectivity index (χ3v) is 7.87. The maximum atomic E-state index is 4.51. The average molecular weight is 973 g/mol. The molecule has 0 aliphatic carbocycles. The lowest BCUT2D eigenvalue weighted by molar-refractivity contribution is 0.469. The van der Waals surface area contributed by atoms with Crippen LogP contribution in [-0.4, -0.2) is 24.9 Å². The first-order chi connectivity index (χ1) is 31.5. The Morgan fingerprint density at radius 3 is 1.00 bits per heavy atom. The van der Waals surface area contributed by atoms with Gasteiger partial charge in [0.05, 0.1) is 27.9 Å². The Kier molecular flexibility index (Phi) is 43.4. The molecule has 8 aromatic rings. The summed E-state index contributed by atoms with van der Waals surface area (Å²) in [6.07, 6.45) is 7.35. The van der Waals surface area contributed by atoms with Gasteiger partial charge in [-0.1, -0.05) is 255 Å². The Hall–Kier alpha value is -5.55. The van der Waals surface area contributed by atoms with Crippen LogP contribution in [0.25, 0.3) is 43.5 Å². The second kappa shape index (κ2) is 40.1. The predicted octanol–water partition coefficient (Wildman–Crippen LogP) is 22.0. The Bertz CT molecular complexity index is 2240. The van der Waals surface area contributed by atoms with E-state index in [0.717, 1.165) is 33.3 Å². The van der Waals surface area contributed by atoms with E-state index in [4.69, 9.17) is 0 Å². The lowest BCUT2D eigenvalue weighted by Gasteiger charge is -2.19. The highest BCUT2D eigenvalue weighted by atomic mass is 14.7. The summed E-state index contributed by atoms with van der Waals surface area (Å²) >= 11 is 0. The maximum absolute atomic E-state index is 4.51. The van der Waals surface area contributed by atoms with Gasteiger partial charge >= 0.3 is 0 Å². The van der Waals surface area contributed by atoms with Crippen molar-refractivity contribution in [3.8, 4) is 0 Å². The van der Waals surface area contributed by atoms with E-state index in [1.54, 1.807) is 0 Å². The number of rotatable bonds is 0. The molecule has 0 N–H and O–H groups in total. The molecule has 3 aromatic carbocycles. The molecule has 0 amide bonds. The molecule has 0 fully saturated rings. The minimum Gasteiger partial charge on any atom is -0.260 e. The van der Waals surface area contributed by atoms with Gasteiger partial charge in [0, 0.05) is 62.9 Å². The van der Waals surface area contributed by atoms with Crippen molar-refractivity contribution in [1.82, 2.24) is 24.9 Å². The topological polar surface area (TPSA) is 64.5 Å². The van der Waals surface area contributed by atoms with E-state index in [9.17, 15) is 0 Å². The highest BCUT2D eigenvalue weighted by Crippen LogP contribution is 2.28. The van der Waals surface area contributed by atoms with Crippen LogP contribution in [0.1, 0.15) is 199 Å². The van der Waals surface area contributed by atoms with Crippen molar-refractivity contribution in [1.29, 1.82) is 0 Å². The molecule has 8 rings (SSSR count). The second-order valence-corrected chi connectivity index (χ2v) is 20.0. The lowest BCUT2D eigenvalue weighted by atomic mass is 9.88. The Morgan fingerprint density at radius 1 is 0.296 bits per heavy atom. The first-order valence-electron chi connectivity index (χ1n) is 24.7. The van der Waals surface area contributed by atoms with Crippen LogP contribution in [0, 0.1) is 17.8 Å². The summed E-state index contributed by atoms with van der Waals surface area (Å²) in [4.78, 5) is 21.8. The summed E-state index contributed by atoms with van der Waals surface area (Å²) in [6.45, 7) is 48.6. The molecule has 0 spiro atoms. The standard InChI is InChI=1S/C13H16N2.C13H15N.2C9H7N.2C5H12.4C2H6.4CH4/c1-9-5-6-10-11(15-9)7-8-14-12(10)13(2,3)4;1-13(2,3)12-11-7-5-4-6-10(11)8-9-14-12;2*1-2-6-9-8(4-1)5-3-7-10-9;2*1-5(2,3)4;4*1-2;;;;/h5-8H,1-4H3;4-9H,1-3H3;2*1-7H;2*1-4H3;4*1-2H3;4*1H4. The molecule has 0 saturated heterocycles. The van der Waals surface area contributed by atoms with Crippen LogP contribution in [0.3, 0.4) is 0 Å². The summed E-state index contributed by atoms with van der Waals surface area (Å²) in [5.74, 6) is 0. The van der Waals surface area contributed by atoms with Gasteiger partial charge in [-0.25, -0.2) is 0 Å². The van der Waals surface area contributed by atoms with Crippen molar-refractivity contribution in [2.24, 2.45) is 10.8 Å². The van der Waals surface area contributed by atoms with Crippen LogP contribution in [-0.2, 0) is 10.8 Å². The highest BCUT2D eigenvalue weighted by molar-refractivity contribution is 5.85. The number of hydrogen-bond acceptors (Lipinski definition) is 5. The molecule has 5 heteroatoms. The molecule has 5 heterocycles. The number of aryl methyl sites for hydroxylation is 1. The fraction of sp³-hybridized carbons (Fsp3) is 0.470. The number of fused-ring (bicyclic) bond motifs is 4. The van der Waals surface area contributed by atoms with Gasteiger partial charge in [-0.3, -0.25) is 24.9 Å². The molecule has 0 saturated carbocycles. The van der Waals surface area contributed by atoms with E-state index in [0.29, 0.717) is 10.8 Å². The summed E-state index contributed by atoms with van der Waals surface area (Å²) in [6, 6.07) is 40.8. The highest BCUT2D eigenvalue weighted by Gasteiger charge is 2.19. The first kappa shape index (κ1) is 76.9. The van der Waals surface area contributed by atoms with Crippen LogP contribution >= 0.6 is 0 Å². The van der Waals surface area contributed by atoms with E-state index in [1.165, 1.54) is 27.2 Å². The Balaban J connectivity index is -0.000000177. The van der Waals surface area contributed by atoms with Crippen molar-refractivity contribution in [2.45, 2.75) is 200 Å². The molecule has 5 aromatic heterocycles. The fourth-order valence-electron chi connectivity index (χ4n) is 5.50. The minimum atomic E-state index is 0. The van der Waals surface area contributed by atoms with E-state index in [2.05, 4.69) is 183 Å². The van der Waals surface area contributed by atoms with Crippen molar-refractivity contribution in [3.05, 3.63) is 163 Å². The molecule has 71 heavy (non-hydrogen) atoms. The van der Waals surface area contributed by atoms with Crippen molar-refractivity contribution < 1.29 is 0 Å². The minimum absolute atomic E-state index is 0. The molecule has 0 bridgehead atoms. The van der Waals surface area contributed by atoms with Gasteiger partial charge in [0.1, 0.15) is 0 Å². The van der Waals surface area contributed by atoms with Gasteiger partial charge in [-0.15, -0.1) is 0 Å². The molecule has 0 unspecified atom stereocenters. The van der Waals surface area contributed by atoms with Crippen LogP contribution < -0.4 is 0 Å². The van der Waals surface area contributed by atoms with E-state index in [-0.39, 0.29) is 40.5 Å². The monoisotopic (exact) mass is 972 g/mol. The van der Waals surface area contributed by atoms with Gasteiger partial charge in [-0.2, -0.15) is 0 Å². The quantitative estimate of drug-likeness (QED) is 0.151. The van der Waals surface area contributed by atoms with E-state index in [1.807, 2.05) is 148 Å². The average Bonchev–Trinajstić information content (AvgIpc) is 3.30. The summed E-state index contributed by atoms with van der Waals surface area (Å²) in [5.41, 5.74) is 7.68. The number of pyridine rings is 5. The van der Waals surface area contributed by atoms with Crippen LogP contribution in [0.2, 0.25) is 0 Å². The fourth-order valence-corrected chi connectivity index (χ4v) is 5.50. The zero-order chi connectivity index (χ0) is 51.9. The Labute approximate surface area is 440 Å². The third kappa shape index (κ3) is 33.6. The van der Waals surface area contributed by atoms with Gasteiger partial charge in [0.25, 0.3) is 0 Å². The maximum Gasteiger partial charge on any atom is 0.0739 e. The van der Waals surface area contributed by atoms with E-state index >= 15 is 0 Å². The normalized spacial score (nSPS) is 9.73. The van der Waals surface area contributed by atoms with Crippen LogP contribution in [0.5, 0.6) is 0 Å². The number of hydrogen-bond donors (Lipinski definition) is 0. The lowest BCUT2D eigenvalue weighted by Crippen LogP contribution is -2.14. The first-order valence-corrected chi connectivity index (χ1v) is 24.7. The van der Waals surface area contributed by atoms with Crippen molar-refractivity contribution in [3.63, 3.8) is 0 Å². The predicted molar refractivity (Wildman–Crippen MR) is 329 cm³/mol. The third-order valence-electron chi connectivity index (χ3n) is 7.87. The number of nitrogens with zero attached hydrogens (tertiary/aromatic N) is 5. The molecular formula is C66H109N5. The molecule has 0 radical (unpaired) electrons. The summed E-state index contributed by atoms with van der Waals surface area (Å²) < 4.78 is 0. The smallest absolute Gasteiger partial charge is 0.0739 e. The van der Waals surface area contributed by atoms with Crippen LogP contribution in [0.15, 0.2) is 146 Å². The zero-order valence-electron chi connectivity index (χ0n) is 46.6. The number of para-hydroxylation sites is 2. The largest absolute Gasteiger partial charge is 0.260 e. The Morgan fingerprint density at radius 2 is 0.620 bits per heavy atom. The second-order valence-electron chi connectivity index (χ2n) is 20.0. The molecule has 0 atom stereocenters. The molecule has 5 nitrogen and oxygen atoms in total. The molecule has 0 aliphatic heterocycles. The van der Waals surface area contributed by atoms with Gasteiger partial charge < -0.3 is 0 Å². The van der Waals surface area contributed by atoms with Gasteiger partial charge in [0.15, 0.2) is 0 Å². The van der Waals surface area contributed by atoms with Crippen molar-refractivity contribution in [2.75, 3.05) is 0 Å². The summed E-state index contributed by atoms with van der Waals surface area (Å²) in [7, 11) is 0. The SMILES string of the molecule is C.C.C.C.CC.CC.CC.CC.CC(C)(C)C.CC(C)(C)C.CC(C)(C)c1nccc2ccccc12.Cc1ccc2c(C(C)(C)C)nccc2n1.c1ccc2ncccc2c1.c1ccc2ncccc2c1. The van der Waals surface area contributed by atoms with E-state index < -0.39 is 0 Å². The summed E-state index contributed by atoms with van der Waals surface area (Å²) in [5, 5.41) is 6.10. The van der Waals surface area contributed by atoms with Gasteiger partial charge in [-0.05, 0) is 71.7 Å². The van der Waals surface area contributed by atoms with Crippen molar-refractivity contribution >= 4 is 43.5 Å². The molecule has 0 aliphatic rings. The number of benzene rings is 3. The zero-order valence-corrected chi connectivity index (χ0v) is 46.6. The molecule has 398 valence electrons.